The van der Waals surface area contributed by atoms with Crippen LogP contribution in [0, 0.1) is 0 Å². The van der Waals surface area contributed by atoms with Crippen LogP contribution in [0.15, 0.2) is 270 Å². The Kier molecular flexibility index (Phi) is 16.6. The van der Waals surface area contributed by atoms with Crippen molar-refractivity contribution in [2.75, 3.05) is 11.1 Å². The fourth-order valence-corrected chi connectivity index (χ4v) is 16.6. The molecule has 2 N–H and O–H groups in total. The van der Waals surface area contributed by atoms with Gasteiger partial charge in [-0.3, -0.25) is 19.3 Å². The Morgan fingerprint density at radius 3 is 1.57 bits per heavy atom. The number of thioether (sulfide) groups is 1. The molecule has 17 heteroatoms. The summed E-state index contributed by atoms with van der Waals surface area (Å²) in [7, 11) is 0. The maximum atomic E-state index is 15.8. The van der Waals surface area contributed by atoms with Gasteiger partial charge in [0.25, 0.3) is 11.8 Å². The maximum Gasteiger partial charge on any atom is 0.276 e. The van der Waals surface area contributed by atoms with Crippen molar-refractivity contribution in [1.82, 2.24) is 15.2 Å². The standard InChI is InChI=1S/C70H49Cl2N5O5S5/c71-54-59(78)62-53(41-42-84-62)86-61(54)52-43-85-66-57(65(80)77(66)58(52)67(83)81-60(44-25-9-1-10-26-44)45-27-11-2-12-28-45)73-64(79)56(76-82-70(49-35-19-6-20-36-49,50-37-21-7-22-38-50)51-39-23-8-24-40-51)55-63(72)87-68(74-55)75-69(46-29-13-3-14-30-46,47-31-15-4-16-32-47)48-33-17-5-18-34-48/h1-42,57,60,66H,43H2,(H,73,79)(H,74,75)/t57?,66-/m1/s1. The minimum atomic E-state index is -1.44. The van der Waals surface area contributed by atoms with Gasteiger partial charge >= 0.3 is 0 Å². The number of ether oxygens (including phenoxy) is 1. The molecule has 13 rings (SSSR count). The fourth-order valence-electron chi connectivity index (χ4n) is 11.3. The lowest BCUT2D eigenvalue weighted by atomic mass is 9.77. The molecule has 0 spiro atoms. The molecule has 8 aromatic carbocycles. The van der Waals surface area contributed by atoms with E-state index in [2.05, 4.69) is 47.0 Å². The molecule has 0 bridgehead atoms. The Hall–Kier alpha value is -8.51. The summed E-state index contributed by atoms with van der Waals surface area (Å²) in [6, 6.07) is 79.3. The third-order valence-electron chi connectivity index (χ3n) is 15.4. The number of carbonyl (C=O) groups is 2. The van der Waals surface area contributed by atoms with Crippen LogP contribution in [0.2, 0.25) is 9.36 Å². The highest BCUT2D eigenvalue weighted by molar-refractivity contribution is 8.00. The number of hydrogen-bond acceptors (Lipinski definition) is 13. The van der Waals surface area contributed by atoms with Gasteiger partial charge in [0.1, 0.15) is 43.8 Å². The van der Waals surface area contributed by atoms with E-state index in [1.807, 2.05) is 218 Å². The number of thiocarbonyl (C=S) groups is 1. The molecule has 1 saturated heterocycles. The van der Waals surface area contributed by atoms with Gasteiger partial charge in [-0.15, -0.1) is 34.4 Å². The Labute approximate surface area is 533 Å². The molecule has 10 nitrogen and oxygen atoms in total. The molecule has 1 unspecified atom stereocenters. The maximum absolute atomic E-state index is 15.8. The number of anilines is 1. The van der Waals surface area contributed by atoms with Gasteiger partial charge in [0.05, 0.1) is 9.58 Å². The second-order valence-corrected chi connectivity index (χ2v) is 25.8. The summed E-state index contributed by atoms with van der Waals surface area (Å²) >= 11 is 26.0. The second kappa shape index (κ2) is 25.1. The second-order valence-electron chi connectivity index (χ2n) is 20.4. The third kappa shape index (κ3) is 10.9. The number of carbonyl (C=O) groups excluding carboxylic acids is 2. The number of nitrogens with zero attached hydrogens (tertiary/aromatic N) is 3. The molecule has 11 aromatic rings. The van der Waals surface area contributed by atoms with Gasteiger partial charge in [-0.25, -0.2) is 4.98 Å². The number of halogens is 2. The summed E-state index contributed by atoms with van der Waals surface area (Å²) in [6.45, 7) is 0. The van der Waals surface area contributed by atoms with E-state index in [1.165, 1.54) is 34.4 Å². The van der Waals surface area contributed by atoms with Crippen LogP contribution in [0.25, 0.3) is 15.0 Å². The monoisotopic (exact) mass is 1270 g/mol. The lowest BCUT2D eigenvalue weighted by Crippen LogP contribution is -2.71. The van der Waals surface area contributed by atoms with Crippen molar-refractivity contribution >= 4 is 124 Å². The van der Waals surface area contributed by atoms with E-state index in [0.717, 1.165) is 60.5 Å². The van der Waals surface area contributed by atoms with Crippen molar-refractivity contribution in [3.8, 4) is 0 Å². The molecule has 87 heavy (non-hydrogen) atoms. The largest absolute Gasteiger partial charge is 0.469 e. The minimum absolute atomic E-state index is 0.00597. The van der Waals surface area contributed by atoms with E-state index in [9.17, 15) is 4.79 Å². The van der Waals surface area contributed by atoms with Crippen LogP contribution in [0.3, 0.4) is 0 Å². The number of amides is 2. The van der Waals surface area contributed by atoms with Gasteiger partial charge in [-0.1, -0.05) is 282 Å². The number of oxime groups is 1. The van der Waals surface area contributed by atoms with Gasteiger partial charge in [0.15, 0.2) is 10.8 Å². The van der Waals surface area contributed by atoms with E-state index in [4.69, 9.17) is 55.1 Å². The van der Waals surface area contributed by atoms with E-state index >= 15 is 9.59 Å². The number of nitrogens with one attached hydrogen (secondary N) is 2. The molecule has 2 aliphatic heterocycles. The molecule has 0 aliphatic carbocycles. The predicted molar refractivity (Wildman–Crippen MR) is 358 cm³/mol. The summed E-state index contributed by atoms with van der Waals surface area (Å²) in [5.74, 6) is -1.04. The van der Waals surface area contributed by atoms with E-state index in [1.54, 1.807) is 4.90 Å². The molecule has 1 fully saturated rings. The zero-order valence-electron chi connectivity index (χ0n) is 45.9. The van der Waals surface area contributed by atoms with E-state index < -0.39 is 40.5 Å². The highest BCUT2D eigenvalue weighted by Gasteiger charge is 2.55. The number of benzene rings is 8. The van der Waals surface area contributed by atoms with Crippen LogP contribution >= 0.6 is 81.2 Å². The normalized spacial score (nSPS) is 15.2. The molecular weight excluding hydrogens is 1220 g/mol. The smallest absolute Gasteiger partial charge is 0.276 e. The van der Waals surface area contributed by atoms with Crippen molar-refractivity contribution in [3.05, 3.63) is 334 Å². The van der Waals surface area contributed by atoms with Crippen LogP contribution in [0.5, 0.6) is 0 Å². The Balaban J connectivity index is 0.926. The molecular formula is C70H49Cl2N5O5S5. The SMILES string of the molecule is O=C(NC1C(=O)N2C(C(=S)OC(c3ccccc3)c3ccccc3)=C(c3sc4ccsc4c(=O)c3Cl)CS[C@H]12)C(=NOC(c1ccccc1)(c1ccccc1)c1ccccc1)c1nc(NC(c2ccccc2)(c2ccccc2)c2ccccc2)sc1Cl. The number of rotatable bonds is 18. The molecule has 2 aliphatic rings. The first-order valence-corrected chi connectivity index (χ1v) is 32.4. The number of fused-ring (bicyclic) bond motifs is 2. The summed E-state index contributed by atoms with van der Waals surface area (Å²) in [5.41, 5.74) is 4.34. The van der Waals surface area contributed by atoms with Crippen molar-refractivity contribution in [1.29, 1.82) is 0 Å². The molecule has 2 amide bonds. The number of thiophene rings is 1. The Morgan fingerprint density at radius 2 is 1.09 bits per heavy atom. The zero-order valence-corrected chi connectivity index (χ0v) is 51.5. The van der Waals surface area contributed by atoms with Gasteiger partial charge in [-0.05, 0) is 51.5 Å². The summed E-state index contributed by atoms with van der Waals surface area (Å²) in [6.07, 6.45) is -0.684. The molecule has 0 radical (unpaired) electrons. The van der Waals surface area contributed by atoms with Crippen molar-refractivity contribution < 1.29 is 19.2 Å². The Bertz CT molecular complexity index is 4200. The lowest BCUT2D eigenvalue weighted by molar-refractivity contribution is -0.144. The number of β-lactam (4-membered cyclic amide) rings is 1. The highest BCUT2D eigenvalue weighted by atomic mass is 35.5. The van der Waals surface area contributed by atoms with Crippen LogP contribution in [-0.2, 0) is 30.3 Å². The summed E-state index contributed by atoms with van der Waals surface area (Å²) in [5, 5.41) is 13.3. The van der Waals surface area contributed by atoms with E-state index in [0.29, 0.717) is 20.3 Å². The van der Waals surface area contributed by atoms with Gasteiger partial charge in [-0.2, -0.15) is 0 Å². The fraction of sp³-hybridized carbons (Fsp3) is 0.0857. The molecule has 2 atom stereocenters. The van der Waals surface area contributed by atoms with Crippen LogP contribution < -0.4 is 16.1 Å². The molecule has 3 aromatic heterocycles. The molecule has 5 heterocycles. The van der Waals surface area contributed by atoms with Gasteiger partial charge in [0, 0.05) is 32.7 Å². The first-order chi connectivity index (χ1) is 42.6. The number of hydrogen-bond donors (Lipinski definition) is 2. The molecule has 428 valence electrons. The first kappa shape index (κ1) is 57.6. The molecule has 0 saturated carbocycles. The average Bonchev–Trinajstić information content (AvgIpc) is 2.82. The van der Waals surface area contributed by atoms with Crippen molar-refractivity contribution in [3.63, 3.8) is 0 Å². The Morgan fingerprint density at radius 1 is 0.632 bits per heavy atom. The lowest BCUT2D eigenvalue weighted by Gasteiger charge is -2.50. The highest BCUT2D eigenvalue weighted by Crippen LogP contribution is 2.49. The van der Waals surface area contributed by atoms with E-state index in [-0.39, 0.29) is 42.7 Å². The number of aromatic nitrogens is 1. The zero-order chi connectivity index (χ0) is 59.5. The quantitative estimate of drug-likeness (QED) is 0.0284. The van der Waals surface area contributed by atoms with Crippen LogP contribution in [-0.4, -0.2) is 49.6 Å². The predicted octanol–water partition coefficient (Wildman–Crippen LogP) is 16.1. The number of thiazole rings is 1. The third-order valence-corrected chi connectivity index (χ3v) is 20.8. The average molecular weight is 1270 g/mol. The van der Waals surface area contributed by atoms with Gasteiger partial charge in [0.2, 0.25) is 16.1 Å². The van der Waals surface area contributed by atoms with Crippen LogP contribution in [0.4, 0.5) is 5.13 Å². The van der Waals surface area contributed by atoms with Crippen molar-refractivity contribution in [2.45, 2.75) is 28.7 Å². The topological polar surface area (TPSA) is 122 Å². The van der Waals surface area contributed by atoms with Gasteiger partial charge < -0.3 is 20.2 Å². The first-order valence-electron chi connectivity index (χ1n) is 27.7. The summed E-state index contributed by atoms with van der Waals surface area (Å²) in [4.78, 5) is 59.4. The van der Waals surface area contributed by atoms with Crippen molar-refractivity contribution in [2.24, 2.45) is 5.16 Å². The van der Waals surface area contributed by atoms with Crippen LogP contribution in [0.1, 0.15) is 61.2 Å². The minimum Gasteiger partial charge on any atom is -0.469 e. The summed E-state index contributed by atoms with van der Waals surface area (Å²) < 4.78 is 8.29.